The lowest BCUT2D eigenvalue weighted by Crippen LogP contribution is -2.43. The lowest BCUT2D eigenvalue weighted by Gasteiger charge is -2.34. The van der Waals surface area contributed by atoms with Crippen molar-refractivity contribution in [3.05, 3.63) is 48.5 Å². The molecule has 2 aromatic rings. The van der Waals surface area contributed by atoms with E-state index in [1.54, 1.807) is 13.4 Å². The Morgan fingerprint density at radius 3 is 2.86 bits per heavy atom. The zero-order chi connectivity index (χ0) is 15.4. The first-order chi connectivity index (χ1) is 10.8. The first-order valence-corrected chi connectivity index (χ1v) is 7.50. The van der Waals surface area contributed by atoms with E-state index in [2.05, 4.69) is 10.1 Å². The molecule has 0 unspecified atom stereocenters. The van der Waals surface area contributed by atoms with E-state index < -0.39 is 6.10 Å². The smallest absolute Gasteiger partial charge is 0.256 e. The van der Waals surface area contributed by atoms with Gasteiger partial charge < -0.3 is 9.64 Å². The Kier molecular flexibility index (Phi) is 4.48. The van der Waals surface area contributed by atoms with Crippen molar-refractivity contribution in [3.8, 4) is 0 Å². The van der Waals surface area contributed by atoms with Gasteiger partial charge in [-0.15, -0.1) is 0 Å². The van der Waals surface area contributed by atoms with E-state index in [4.69, 9.17) is 4.74 Å². The van der Waals surface area contributed by atoms with Crippen LogP contribution in [-0.2, 0) is 9.53 Å². The fourth-order valence-corrected chi connectivity index (χ4v) is 2.95. The zero-order valence-electron chi connectivity index (χ0n) is 12.6. The number of rotatable bonds is 4. The largest absolute Gasteiger partial charge is 0.367 e. The fourth-order valence-electron chi connectivity index (χ4n) is 2.95. The van der Waals surface area contributed by atoms with E-state index in [9.17, 15) is 4.79 Å². The van der Waals surface area contributed by atoms with Gasteiger partial charge in [0.1, 0.15) is 12.7 Å². The number of piperidine rings is 1. The van der Waals surface area contributed by atoms with E-state index in [-0.39, 0.29) is 11.9 Å². The summed E-state index contributed by atoms with van der Waals surface area (Å²) in [6, 6.07) is 9.80. The molecule has 22 heavy (non-hydrogen) atoms. The molecule has 1 aromatic carbocycles. The summed E-state index contributed by atoms with van der Waals surface area (Å²) in [4.78, 5) is 18.7. The van der Waals surface area contributed by atoms with Gasteiger partial charge in [-0.2, -0.15) is 5.10 Å². The van der Waals surface area contributed by atoms with Crippen LogP contribution in [0.25, 0.3) is 0 Å². The maximum Gasteiger partial charge on any atom is 0.256 e. The van der Waals surface area contributed by atoms with Crippen LogP contribution in [0.4, 0.5) is 0 Å². The van der Waals surface area contributed by atoms with Crippen molar-refractivity contribution in [3.63, 3.8) is 0 Å². The third-order valence-electron chi connectivity index (χ3n) is 4.08. The van der Waals surface area contributed by atoms with Crippen molar-refractivity contribution < 1.29 is 9.53 Å². The second-order valence-electron chi connectivity index (χ2n) is 5.48. The number of nitrogens with zero attached hydrogens (tertiary/aromatic N) is 4. The molecule has 1 saturated heterocycles. The van der Waals surface area contributed by atoms with E-state index in [0.717, 1.165) is 24.9 Å². The van der Waals surface area contributed by atoms with Gasteiger partial charge in [-0.25, -0.2) is 9.67 Å². The summed E-state index contributed by atoms with van der Waals surface area (Å²) < 4.78 is 7.29. The maximum absolute atomic E-state index is 12.8. The highest BCUT2D eigenvalue weighted by atomic mass is 16.5. The van der Waals surface area contributed by atoms with Crippen LogP contribution >= 0.6 is 0 Å². The van der Waals surface area contributed by atoms with E-state index in [1.807, 2.05) is 39.9 Å². The monoisotopic (exact) mass is 300 g/mol. The average Bonchev–Trinajstić information content (AvgIpc) is 3.11. The number of carbonyl (C=O) groups is 1. The first-order valence-electron chi connectivity index (χ1n) is 7.50. The number of hydrogen-bond donors (Lipinski definition) is 0. The molecule has 6 heteroatoms. The number of aromatic nitrogens is 3. The average molecular weight is 300 g/mol. The molecule has 0 N–H and O–H groups in total. The van der Waals surface area contributed by atoms with Crippen LogP contribution < -0.4 is 0 Å². The lowest BCUT2D eigenvalue weighted by atomic mass is 10.0. The minimum absolute atomic E-state index is 0.0125. The third-order valence-corrected chi connectivity index (χ3v) is 4.08. The zero-order valence-corrected chi connectivity index (χ0v) is 12.6. The Morgan fingerprint density at radius 2 is 2.18 bits per heavy atom. The van der Waals surface area contributed by atoms with Crippen molar-refractivity contribution in [2.45, 2.75) is 25.0 Å². The Labute approximate surface area is 129 Å². The van der Waals surface area contributed by atoms with Gasteiger partial charge in [-0.3, -0.25) is 4.79 Å². The van der Waals surface area contributed by atoms with E-state index >= 15 is 0 Å². The molecule has 116 valence electrons. The summed E-state index contributed by atoms with van der Waals surface area (Å²) in [5.41, 5.74) is 0.887. The predicted octanol–water partition coefficient (Wildman–Crippen LogP) is 1.83. The van der Waals surface area contributed by atoms with Gasteiger partial charge in [0.15, 0.2) is 6.10 Å². The minimum Gasteiger partial charge on any atom is -0.367 e. The summed E-state index contributed by atoms with van der Waals surface area (Å²) in [5.74, 6) is 0.0125. The highest BCUT2D eigenvalue weighted by Crippen LogP contribution is 2.25. The number of carbonyl (C=O) groups excluding carboxylic acids is 1. The SMILES string of the molecule is CO[C@@H](C(=O)N1CCC[C@@H](n2cncn2)C1)c1ccccc1. The lowest BCUT2D eigenvalue weighted by molar-refractivity contribution is -0.144. The third kappa shape index (κ3) is 3.01. The standard InChI is InChI=1S/C16H20N4O2/c1-22-15(13-6-3-2-4-7-13)16(21)19-9-5-8-14(10-19)20-12-17-11-18-20/h2-4,6-7,11-12,14-15H,5,8-10H2,1H3/t14-,15-/m1/s1. The van der Waals surface area contributed by atoms with Gasteiger partial charge >= 0.3 is 0 Å². The van der Waals surface area contributed by atoms with Crippen LogP contribution in [0.3, 0.4) is 0 Å². The molecular weight excluding hydrogens is 280 g/mol. The number of hydrogen-bond acceptors (Lipinski definition) is 4. The van der Waals surface area contributed by atoms with Crippen LogP contribution in [0.2, 0.25) is 0 Å². The van der Waals surface area contributed by atoms with Crippen LogP contribution in [-0.4, -0.2) is 45.8 Å². The van der Waals surface area contributed by atoms with E-state index in [1.165, 1.54) is 6.33 Å². The maximum atomic E-state index is 12.8. The van der Waals surface area contributed by atoms with Crippen molar-refractivity contribution in [2.24, 2.45) is 0 Å². The topological polar surface area (TPSA) is 60.2 Å². The molecule has 1 aliphatic rings. The van der Waals surface area contributed by atoms with Crippen molar-refractivity contribution in [1.82, 2.24) is 19.7 Å². The molecule has 0 radical (unpaired) electrons. The van der Waals surface area contributed by atoms with Crippen LogP contribution in [0.5, 0.6) is 0 Å². The van der Waals surface area contributed by atoms with Gasteiger partial charge in [-0.1, -0.05) is 30.3 Å². The van der Waals surface area contributed by atoms with Crippen LogP contribution in [0, 0.1) is 0 Å². The Hall–Kier alpha value is -2.21. The highest BCUT2D eigenvalue weighted by Gasteiger charge is 2.30. The van der Waals surface area contributed by atoms with Crippen LogP contribution in [0.15, 0.2) is 43.0 Å². The molecule has 0 aliphatic carbocycles. The Balaban J connectivity index is 1.73. The summed E-state index contributed by atoms with van der Waals surface area (Å²) >= 11 is 0. The molecule has 2 heterocycles. The molecule has 0 spiro atoms. The summed E-state index contributed by atoms with van der Waals surface area (Å²) in [5, 5.41) is 4.19. The Bertz CT molecular complexity index is 600. The van der Waals surface area contributed by atoms with Crippen molar-refractivity contribution in [2.75, 3.05) is 20.2 Å². The van der Waals surface area contributed by atoms with Crippen molar-refractivity contribution in [1.29, 1.82) is 0 Å². The second kappa shape index (κ2) is 6.70. The highest BCUT2D eigenvalue weighted by molar-refractivity contribution is 5.82. The number of methoxy groups -OCH3 is 1. The minimum atomic E-state index is -0.546. The van der Waals surface area contributed by atoms with Crippen molar-refractivity contribution >= 4 is 5.91 Å². The molecule has 6 nitrogen and oxygen atoms in total. The summed E-state index contributed by atoms with van der Waals surface area (Å²) in [6.07, 6.45) is 4.67. The molecule has 1 aliphatic heterocycles. The predicted molar refractivity (Wildman–Crippen MR) is 81.1 cm³/mol. The first kappa shape index (κ1) is 14.7. The summed E-state index contributed by atoms with van der Waals surface area (Å²) in [7, 11) is 1.58. The second-order valence-corrected chi connectivity index (χ2v) is 5.48. The van der Waals surface area contributed by atoms with Crippen LogP contribution in [0.1, 0.15) is 30.6 Å². The van der Waals surface area contributed by atoms with Gasteiger partial charge in [0.25, 0.3) is 5.91 Å². The number of ether oxygens (including phenoxy) is 1. The quantitative estimate of drug-likeness (QED) is 0.864. The molecule has 1 amide bonds. The van der Waals surface area contributed by atoms with Gasteiger partial charge in [0.05, 0.1) is 6.04 Å². The molecule has 2 atom stereocenters. The fraction of sp³-hybridized carbons (Fsp3) is 0.438. The van der Waals surface area contributed by atoms with Gasteiger partial charge in [-0.05, 0) is 18.4 Å². The molecule has 0 bridgehead atoms. The van der Waals surface area contributed by atoms with Gasteiger partial charge in [0, 0.05) is 20.2 Å². The molecule has 1 aromatic heterocycles. The number of amides is 1. The molecule has 0 saturated carbocycles. The van der Waals surface area contributed by atoms with Gasteiger partial charge in [0.2, 0.25) is 0 Å². The number of benzene rings is 1. The normalized spacial score (nSPS) is 19.9. The molecule has 1 fully saturated rings. The number of likely N-dealkylation sites (tertiary alicyclic amines) is 1. The van der Waals surface area contributed by atoms with E-state index in [0.29, 0.717) is 6.54 Å². The molecular formula is C16H20N4O2. The Morgan fingerprint density at radius 1 is 1.36 bits per heavy atom. The molecule has 3 rings (SSSR count). The summed E-state index contributed by atoms with van der Waals surface area (Å²) in [6.45, 7) is 1.41.